The predicted octanol–water partition coefficient (Wildman–Crippen LogP) is 4.30. The van der Waals surface area contributed by atoms with Crippen LogP contribution in [0.4, 0.5) is 0 Å². The molecule has 0 aromatic rings. The Bertz CT molecular complexity index is 195. The van der Waals surface area contributed by atoms with Crippen LogP contribution in [0.1, 0.15) is 65.7 Å². The molecule has 0 aliphatic carbocycles. The van der Waals surface area contributed by atoms with Gasteiger partial charge in [-0.2, -0.15) is 5.26 Å². The van der Waals surface area contributed by atoms with Crippen molar-refractivity contribution in [1.82, 2.24) is 0 Å². The molecule has 0 spiro atoms. The van der Waals surface area contributed by atoms with Gasteiger partial charge in [-0.15, -0.1) is 0 Å². The first-order valence-corrected chi connectivity index (χ1v) is 6.62. The molecule has 0 aromatic carbocycles. The molecule has 0 bridgehead atoms. The predicted molar refractivity (Wildman–Crippen MR) is 68.2 cm³/mol. The summed E-state index contributed by atoms with van der Waals surface area (Å²) < 4.78 is 5.63. The monoisotopic (exact) mass is 225 g/mol. The number of rotatable bonds is 9. The van der Waals surface area contributed by atoms with Crippen molar-refractivity contribution in [3.05, 3.63) is 0 Å². The molecule has 0 saturated heterocycles. The quantitative estimate of drug-likeness (QED) is 0.586. The highest BCUT2D eigenvalue weighted by Crippen LogP contribution is 2.28. The molecular formula is C14H27NO. The fourth-order valence-electron chi connectivity index (χ4n) is 2.16. The lowest BCUT2D eigenvalue weighted by atomic mass is 9.86. The summed E-state index contributed by atoms with van der Waals surface area (Å²) in [6.07, 6.45) is 7.44. The summed E-state index contributed by atoms with van der Waals surface area (Å²) in [7, 11) is 1.79. The lowest BCUT2D eigenvalue weighted by Crippen LogP contribution is -2.30. The van der Waals surface area contributed by atoms with Gasteiger partial charge in [-0.25, -0.2) is 0 Å². The fraction of sp³-hybridized carbons (Fsp3) is 0.929. The van der Waals surface area contributed by atoms with Crippen LogP contribution in [0.15, 0.2) is 0 Å². The molecule has 0 aliphatic heterocycles. The topological polar surface area (TPSA) is 33.0 Å². The summed E-state index contributed by atoms with van der Waals surface area (Å²) in [6, 6.07) is 2.43. The van der Waals surface area contributed by atoms with Gasteiger partial charge in [0, 0.05) is 13.0 Å². The number of hydrogen-bond acceptors (Lipinski definition) is 2. The highest BCUT2D eigenvalue weighted by atomic mass is 16.5. The van der Waals surface area contributed by atoms with E-state index in [1.807, 2.05) is 0 Å². The van der Waals surface area contributed by atoms with Crippen molar-refractivity contribution >= 4 is 0 Å². The van der Waals surface area contributed by atoms with Gasteiger partial charge in [0.2, 0.25) is 0 Å². The number of nitrogens with zero attached hydrogens (tertiary/aromatic N) is 1. The lowest BCUT2D eigenvalue weighted by molar-refractivity contribution is -0.0270. The maximum atomic E-state index is 9.08. The Morgan fingerprint density at radius 2 is 1.81 bits per heavy atom. The molecule has 0 N–H and O–H groups in total. The Morgan fingerprint density at radius 1 is 1.19 bits per heavy atom. The van der Waals surface area contributed by atoms with Crippen molar-refractivity contribution in [1.29, 1.82) is 5.26 Å². The molecular weight excluding hydrogens is 198 g/mol. The second-order valence-corrected chi connectivity index (χ2v) is 4.60. The molecule has 94 valence electrons. The third-order valence-corrected chi connectivity index (χ3v) is 3.76. The van der Waals surface area contributed by atoms with E-state index < -0.39 is 0 Å². The SMILES string of the molecule is CCCCC(C#N)CCC(CC)(CC)OC. The normalized spacial score (nSPS) is 13.4. The summed E-state index contributed by atoms with van der Waals surface area (Å²) in [5.41, 5.74) is 0.00130. The zero-order chi connectivity index (χ0) is 12.4. The van der Waals surface area contributed by atoms with Gasteiger partial charge in [0.1, 0.15) is 0 Å². The average Bonchev–Trinajstić information content (AvgIpc) is 2.35. The van der Waals surface area contributed by atoms with Crippen molar-refractivity contribution in [3.63, 3.8) is 0 Å². The molecule has 0 saturated carbocycles. The maximum absolute atomic E-state index is 9.08. The summed E-state index contributed by atoms with van der Waals surface area (Å²) >= 11 is 0. The van der Waals surface area contributed by atoms with Crippen LogP contribution >= 0.6 is 0 Å². The summed E-state index contributed by atoms with van der Waals surface area (Å²) in [5, 5.41) is 9.08. The van der Waals surface area contributed by atoms with E-state index >= 15 is 0 Å². The van der Waals surface area contributed by atoms with Crippen LogP contribution in [0.25, 0.3) is 0 Å². The van der Waals surface area contributed by atoms with E-state index in [0.717, 1.165) is 38.5 Å². The summed E-state index contributed by atoms with van der Waals surface area (Å²) in [6.45, 7) is 6.51. The number of nitriles is 1. The molecule has 2 heteroatoms. The maximum Gasteiger partial charge on any atom is 0.0674 e. The first-order valence-electron chi connectivity index (χ1n) is 6.62. The molecule has 0 fully saturated rings. The van der Waals surface area contributed by atoms with Crippen LogP contribution in [0.5, 0.6) is 0 Å². The van der Waals surface area contributed by atoms with Crippen molar-refractivity contribution < 1.29 is 4.74 Å². The van der Waals surface area contributed by atoms with E-state index in [0.29, 0.717) is 0 Å². The zero-order valence-corrected chi connectivity index (χ0v) is 11.4. The molecule has 0 rings (SSSR count). The Balaban J connectivity index is 4.12. The molecule has 0 amide bonds. The number of hydrogen-bond donors (Lipinski definition) is 0. The Labute approximate surface area is 101 Å². The Kier molecular flexibility index (Phi) is 8.29. The molecule has 0 aliphatic rings. The molecule has 16 heavy (non-hydrogen) atoms. The minimum absolute atomic E-state index is 0.00130. The third-order valence-electron chi connectivity index (χ3n) is 3.76. The van der Waals surface area contributed by atoms with E-state index in [4.69, 9.17) is 10.00 Å². The first kappa shape index (κ1) is 15.4. The summed E-state index contributed by atoms with van der Waals surface area (Å²) in [4.78, 5) is 0. The fourth-order valence-corrected chi connectivity index (χ4v) is 2.16. The van der Waals surface area contributed by atoms with Crippen LogP contribution < -0.4 is 0 Å². The van der Waals surface area contributed by atoms with Gasteiger partial charge in [-0.3, -0.25) is 0 Å². The van der Waals surface area contributed by atoms with Gasteiger partial charge in [0.15, 0.2) is 0 Å². The smallest absolute Gasteiger partial charge is 0.0674 e. The molecule has 0 radical (unpaired) electrons. The van der Waals surface area contributed by atoms with Crippen LogP contribution in [0, 0.1) is 17.2 Å². The summed E-state index contributed by atoms with van der Waals surface area (Å²) in [5.74, 6) is 0.215. The highest BCUT2D eigenvalue weighted by Gasteiger charge is 2.26. The Hall–Kier alpha value is -0.550. The molecule has 0 aromatic heterocycles. The third kappa shape index (κ3) is 4.99. The largest absolute Gasteiger partial charge is 0.378 e. The van der Waals surface area contributed by atoms with Crippen molar-refractivity contribution in [2.45, 2.75) is 71.3 Å². The van der Waals surface area contributed by atoms with Crippen LogP contribution in [-0.4, -0.2) is 12.7 Å². The van der Waals surface area contributed by atoms with Crippen molar-refractivity contribution in [2.24, 2.45) is 5.92 Å². The van der Waals surface area contributed by atoms with Gasteiger partial charge in [0.25, 0.3) is 0 Å². The van der Waals surface area contributed by atoms with Gasteiger partial charge >= 0.3 is 0 Å². The standard InChI is InChI=1S/C14H27NO/c1-5-8-9-13(12-15)10-11-14(6-2,7-3)16-4/h13H,5-11H2,1-4H3. The lowest BCUT2D eigenvalue weighted by Gasteiger charge is -2.31. The molecule has 1 unspecified atom stereocenters. The van der Waals surface area contributed by atoms with E-state index in [1.165, 1.54) is 6.42 Å². The second kappa shape index (κ2) is 8.58. The van der Waals surface area contributed by atoms with Gasteiger partial charge in [-0.05, 0) is 32.1 Å². The molecule has 1 atom stereocenters. The minimum Gasteiger partial charge on any atom is -0.378 e. The first-order chi connectivity index (χ1) is 7.67. The number of unbranched alkanes of at least 4 members (excludes halogenated alkanes) is 1. The van der Waals surface area contributed by atoms with Crippen LogP contribution in [-0.2, 0) is 4.74 Å². The van der Waals surface area contributed by atoms with E-state index in [2.05, 4.69) is 26.8 Å². The minimum atomic E-state index is 0.00130. The van der Waals surface area contributed by atoms with Crippen molar-refractivity contribution in [2.75, 3.05) is 7.11 Å². The van der Waals surface area contributed by atoms with E-state index in [9.17, 15) is 0 Å². The average molecular weight is 225 g/mol. The molecule has 2 nitrogen and oxygen atoms in total. The van der Waals surface area contributed by atoms with Gasteiger partial charge in [0.05, 0.1) is 11.7 Å². The van der Waals surface area contributed by atoms with E-state index in [-0.39, 0.29) is 11.5 Å². The van der Waals surface area contributed by atoms with E-state index in [1.54, 1.807) is 7.11 Å². The number of ether oxygens (including phenoxy) is 1. The number of methoxy groups -OCH3 is 1. The van der Waals surface area contributed by atoms with Gasteiger partial charge < -0.3 is 4.74 Å². The van der Waals surface area contributed by atoms with Gasteiger partial charge in [-0.1, -0.05) is 33.6 Å². The second-order valence-electron chi connectivity index (χ2n) is 4.60. The van der Waals surface area contributed by atoms with Crippen molar-refractivity contribution in [3.8, 4) is 6.07 Å². The highest BCUT2D eigenvalue weighted by molar-refractivity contribution is 4.86. The van der Waals surface area contributed by atoms with Crippen LogP contribution in [0.3, 0.4) is 0 Å². The van der Waals surface area contributed by atoms with Crippen LogP contribution in [0.2, 0.25) is 0 Å². The Morgan fingerprint density at radius 3 is 2.19 bits per heavy atom. The zero-order valence-electron chi connectivity index (χ0n) is 11.4. The molecule has 0 heterocycles.